The summed E-state index contributed by atoms with van der Waals surface area (Å²) in [4.78, 5) is 38.2. The highest BCUT2D eigenvalue weighted by molar-refractivity contribution is 7.80. The molecule has 8 rings (SSSR count). The van der Waals surface area contributed by atoms with Crippen molar-refractivity contribution < 1.29 is 210 Å². The molecule has 8 fully saturated rings. The first-order chi connectivity index (χ1) is 47.4. The van der Waals surface area contributed by atoms with E-state index in [1.165, 1.54) is 6.92 Å². The lowest BCUT2D eigenvalue weighted by Gasteiger charge is -2.51. The largest absolute Gasteiger partial charge is 0.397 e. The molecule has 0 aromatic carbocycles. The van der Waals surface area contributed by atoms with Crippen LogP contribution < -0.4 is 16.0 Å². The SMILES string of the molecule is CC(=O)N[C@@H]1[C@@H](O)[C@H](O[C@@H]2O[C@H](CO)[C@@H](O[C@@H]3O[C@H](CO[C@H]4O[C@H](CO)[C@@H](O)[C@H](O)[C@@H]4O)[C@@H](O)[C@H](O[C@H]4O[C@H](CO)[C@@H](O)[C@H](O)[C@@H]4O[C@@H]4O[C@H](COS(=O)(=O)O)[C@@H](O[C@@H]5O[C@H](CO)[C@H](O)[C@H](O)[C@H]5O)[C@H](O)[C@H]4NC(C)=O)[C@@H]3O)[C@H](O)[C@H]2NC(C)=O)[C@@H](CO[C@@H]2O[C@@H](C)[C@@H](O)[C@@H](O)[C@@H]2O)O[C@H]1O. The maximum absolute atomic E-state index is 13.0. The van der Waals surface area contributed by atoms with Crippen LogP contribution in [0.2, 0.25) is 0 Å². The molecule has 25 N–H and O–H groups in total. The molecule has 47 heteroatoms. The van der Waals surface area contributed by atoms with Crippen molar-refractivity contribution in [3.63, 3.8) is 0 Å². The molecule has 0 aromatic rings. The van der Waals surface area contributed by atoms with E-state index in [0.29, 0.717) is 0 Å². The van der Waals surface area contributed by atoms with Crippen molar-refractivity contribution in [1.29, 1.82) is 0 Å². The van der Waals surface area contributed by atoms with Crippen LogP contribution in [0.5, 0.6) is 0 Å². The van der Waals surface area contributed by atoms with Crippen molar-refractivity contribution in [3.05, 3.63) is 0 Å². The first kappa shape index (κ1) is 83.5. The number of hydrogen-bond acceptors (Lipinski definition) is 42. The lowest BCUT2D eigenvalue weighted by Crippen LogP contribution is -2.71. The second-order valence-electron chi connectivity index (χ2n) is 25.2. The second kappa shape index (κ2) is 35.7. The topological polar surface area (TPSA) is 714 Å². The molecule has 586 valence electrons. The number of carbonyl (C=O) groups excluding carboxylic acids is 3. The van der Waals surface area contributed by atoms with Crippen molar-refractivity contribution in [2.24, 2.45) is 0 Å². The van der Waals surface area contributed by atoms with Crippen LogP contribution in [-0.2, 0) is 100 Å². The maximum Gasteiger partial charge on any atom is 0.397 e. The molecule has 0 saturated carbocycles. The molecule has 46 nitrogen and oxygen atoms in total. The van der Waals surface area contributed by atoms with Crippen LogP contribution in [0.25, 0.3) is 0 Å². The van der Waals surface area contributed by atoms with Gasteiger partial charge in [0.2, 0.25) is 17.7 Å². The van der Waals surface area contributed by atoms with E-state index >= 15 is 0 Å². The highest BCUT2D eigenvalue weighted by atomic mass is 32.3. The van der Waals surface area contributed by atoms with Gasteiger partial charge in [-0.25, -0.2) is 4.18 Å². The van der Waals surface area contributed by atoms with Gasteiger partial charge in [0.15, 0.2) is 50.3 Å². The minimum Gasteiger partial charge on any atom is -0.394 e. The second-order valence-corrected chi connectivity index (χ2v) is 26.3. The summed E-state index contributed by atoms with van der Waals surface area (Å²) < 4.78 is 126. The average Bonchev–Trinajstić information content (AvgIpc) is 0.775. The average molecular weight is 1500 g/mol. The quantitative estimate of drug-likeness (QED) is 0.0358. The molecule has 0 spiro atoms. The summed E-state index contributed by atoms with van der Waals surface area (Å²) >= 11 is 0. The Bertz CT molecular complexity index is 2760. The van der Waals surface area contributed by atoms with Crippen molar-refractivity contribution in [3.8, 4) is 0 Å². The van der Waals surface area contributed by atoms with Crippen molar-refractivity contribution in [2.45, 2.75) is 273 Å². The van der Waals surface area contributed by atoms with Crippen LogP contribution in [0.4, 0.5) is 0 Å². The number of amides is 3. The number of nitrogens with one attached hydrogen (secondary N) is 3. The smallest absolute Gasteiger partial charge is 0.394 e. The Balaban J connectivity index is 1.11. The van der Waals surface area contributed by atoms with Gasteiger partial charge in [0.25, 0.3) is 0 Å². The van der Waals surface area contributed by atoms with E-state index in [0.717, 1.165) is 20.8 Å². The number of carbonyl (C=O) groups is 3. The van der Waals surface area contributed by atoms with Gasteiger partial charge in [-0.05, 0) is 6.92 Å². The van der Waals surface area contributed by atoms with E-state index < -0.39 is 320 Å². The van der Waals surface area contributed by atoms with Gasteiger partial charge in [-0.15, -0.1) is 0 Å². The van der Waals surface area contributed by atoms with Gasteiger partial charge in [0, 0.05) is 20.8 Å². The van der Waals surface area contributed by atoms with Crippen molar-refractivity contribution in [1.82, 2.24) is 16.0 Å². The van der Waals surface area contributed by atoms with E-state index in [2.05, 4.69) is 20.1 Å². The van der Waals surface area contributed by atoms with Crippen LogP contribution in [0.3, 0.4) is 0 Å². The molecule has 8 saturated heterocycles. The van der Waals surface area contributed by atoms with Gasteiger partial charge in [0.05, 0.1) is 52.4 Å². The molecule has 3 amide bonds. The molecule has 101 heavy (non-hydrogen) atoms. The molecule has 0 bridgehead atoms. The summed E-state index contributed by atoms with van der Waals surface area (Å²) in [6, 6.07) is -5.72. The maximum atomic E-state index is 13.0. The number of aliphatic hydroxyl groups excluding tert-OH is 21. The van der Waals surface area contributed by atoms with E-state index in [1.807, 2.05) is 0 Å². The zero-order chi connectivity index (χ0) is 74.7. The highest BCUT2D eigenvalue weighted by Gasteiger charge is 2.60. The summed E-state index contributed by atoms with van der Waals surface area (Å²) in [5.41, 5.74) is 0. The van der Waals surface area contributed by atoms with Gasteiger partial charge in [0.1, 0.15) is 189 Å². The van der Waals surface area contributed by atoms with Crippen LogP contribution in [0.1, 0.15) is 27.7 Å². The van der Waals surface area contributed by atoms with E-state index in [-0.39, 0.29) is 0 Å². The molecule has 8 aliphatic heterocycles. The molecule has 0 radical (unpaired) electrons. The fourth-order valence-electron chi connectivity index (χ4n) is 12.6. The lowest BCUT2D eigenvalue weighted by atomic mass is 9.93. The number of rotatable bonds is 26. The Hall–Kier alpha value is -3.16. The van der Waals surface area contributed by atoms with Crippen LogP contribution >= 0.6 is 0 Å². The zero-order valence-electron chi connectivity index (χ0n) is 53.9. The van der Waals surface area contributed by atoms with Crippen LogP contribution in [0.15, 0.2) is 0 Å². The summed E-state index contributed by atoms with van der Waals surface area (Å²) in [6.07, 6.45) is -76.1. The Labute approximate surface area is 572 Å². The molecule has 8 heterocycles. The first-order valence-electron chi connectivity index (χ1n) is 31.6. The van der Waals surface area contributed by atoms with Gasteiger partial charge in [-0.1, -0.05) is 0 Å². The monoisotopic (exact) mass is 1500 g/mol. The minimum absolute atomic E-state index is 0.817. The molecule has 40 atom stereocenters. The Kier molecular flexibility index (Phi) is 29.5. The predicted octanol–water partition coefficient (Wildman–Crippen LogP) is -17.2. The highest BCUT2D eigenvalue weighted by Crippen LogP contribution is 2.39. The number of hydrogen-bond donors (Lipinski definition) is 25. The fourth-order valence-corrected chi connectivity index (χ4v) is 12.9. The first-order valence-corrected chi connectivity index (χ1v) is 33.0. The van der Waals surface area contributed by atoms with Crippen LogP contribution in [0, 0.1) is 0 Å². The summed E-state index contributed by atoms with van der Waals surface area (Å²) in [5.74, 6) is -2.79. The van der Waals surface area contributed by atoms with Crippen molar-refractivity contribution in [2.75, 3.05) is 46.2 Å². The standard InChI is InChI=1S/C54H91N3O43S/c1-12-26(65)34(73)38(77)50(88-12)86-10-21-43(31(70)23(47(81)89-21)55-13(2)62)96-48-24(56-14(3)63)32(71)42(19(8-61)93-48)97-53-41(80)45(30(69)20(94-53)9-85-51-39(78)35(74)27(66)16(5-58)90-51)99-54-46(37(76)29(68)18(7-60)92-54)100-49-25(57-15(4)64)33(72)44(22(95-49)11-87-101(82,83)84)98-52-40(79)36(75)28(67)17(6-59)91-52/h12,16-54,58-61,65-81H,5-11H2,1-4H3,(H,55,62)(H,56,63)(H,57,64)(H,82,83,84)/t12-,16+,17+,18+,19+,20+,21+,22+,23+,24+,25+,26+,27+,28-,29+,30+,31+,32+,33+,34+,35-,36-,37-,38-,39-,40+,41-,42+,43+,44+,45-,46-,47+,48-,49-,50+,51-,52-,53-,54+/m0/s1. The third kappa shape index (κ3) is 19.2. The Morgan fingerprint density at radius 1 is 0.327 bits per heavy atom. The molecule has 0 aromatic heterocycles. The Morgan fingerprint density at radius 3 is 1.17 bits per heavy atom. The van der Waals surface area contributed by atoms with E-state index in [4.69, 9.17) is 71.1 Å². The normalized spacial score (nSPS) is 48.6. The van der Waals surface area contributed by atoms with Gasteiger partial charge in [-0.3, -0.25) is 18.9 Å². The summed E-state index contributed by atoms with van der Waals surface area (Å²) in [5, 5.41) is 238. The third-order valence-electron chi connectivity index (χ3n) is 18.0. The molecule has 0 aliphatic carbocycles. The lowest BCUT2D eigenvalue weighted by molar-refractivity contribution is -0.397. The number of ether oxygens (including phenoxy) is 15. The van der Waals surface area contributed by atoms with Gasteiger partial charge >= 0.3 is 10.4 Å². The zero-order valence-corrected chi connectivity index (χ0v) is 54.7. The molecular weight excluding hydrogens is 1410 g/mol. The Morgan fingerprint density at radius 2 is 0.673 bits per heavy atom. The van der Waals surface area contributed by atoms with E-state index in [1.54, 1.807) is 0 Å². The molecule has 8 aliphatic rings. The fraction of sp³-hybridized carbons (Fsp3) is 0.944. The summed E-state index contributed by atoms with van der Waals surface area (Å²) in [7, 11) is -5.45. The minimum atomic E-state index is -5.45. The molecule has 0 unspecified atom stereocenters. The summed E-state index contributed by atoms with van der Waals surface area (Å²) in [6.45, 7) is -3.48. The number of aliphatic hydroxyl groups is 21. The van der Waals surface area contributed by atoms with Gasteiger partial charge < -0.3 is 194 Å². The third-order valence-corrected chi connectivity index (χ3v) is 18.4. The predicted molar refractivity (Wildman–Crippen MR) is 308 cm³/mol. The van der Waals surface area contributed by atoms with Crippen LogP contribution in [-0.4, -0.2) is 430 Å². The van der Waals surface area contributed by atoms with Gasteiger partial charge in [-0.2, -0.15) is 8.42 Å². The van der Waals surface area contributed by atoms with E-state index in [9.17, 15) is 135 Å². The molecular formula is C54H91N3O43S. The van der Waals surface area contributed by atoms with Crippen molar-refractivity contribution >= 4 is 28.1 Å².